The van der Waals surface area contributed by atoms with Gasteiger partial charge in [0.15, 0.2) is 0 Å². The van der Waals surface area contributed by atoms with Gasteiger partial charge in [-0.2, -0.15) is 0 Å². The minimum absolute atomic E-state index is 0.794. The van der Waals surface area contributed by atoms with Crippen molar-refractivity contribution in [1.82, 2.24) is 9.80 Å². The van der Waals surface area contributed by atoms with Crippen LogP contribution in [-0.2, 0) is 0 Å². The maximum absolute atomic E-state index is 2.53. The summed E-state index contributed by atoms with van der Waals surface area (Å²) in [5.74, 6) is 0. The molecule has 0 saturated carbocycles. The zero-order valence-corrected chi connectivity index (χ0v) is 8.01. The maximum Gasteiger partial charge on any atom is 0.0508 e. The third-order valence-corrected chi connectivity index (χ3v) is 2.72. The fraction of sp³-hybridized carbons (Fsp3) is 1.00. The zero-order chi connectivity index (χ0) is 8.27. The molecule has 11 heavy (non-hydrogen) atoms. The van der Waals surface area contributed by atoms with Crippen molar-refractivity contribution in [3.05, 3.63) is 0 Å². The molecule has 2 nitrogen and oxygen atoms in total. The number of hydrogen-bond donors (Lipinski definition) is 0. The van der Waals surface area contributed by atoms with Gasteiger partial charge in [0.25, 0.3) is 0 Å². The minimum atomic E-state index is 0.794. The Morgan fingerprint density at radius 2 is 2.00 bits per heavy atom. The van der Waals surface area contributed by atoms with Crippen LogP contribution in [0.3, 0.4) is 0 Å². The maximum atomic E-state index is 2.53. The summed E-state index contributed by atoms with van der Waals surface area (Å²) in [5, 5.41) is 0. The van der Waals surface area contributed by atoms with Crippen LogP contribution in [0.2, 0.25) is 0 Å². The molecule has 1 aliphatic heterocycles. The van der Waals surface area contributed by atoms with Crippen molar-refractivity contribution in [3.8, 4) is 0 Å². The van der Waals surface area contributed by atoms with E-state index in [1.807, 2.05) is 0 Å². The molecule has 0 bridgehead atoms. The van der Waals surface area contributed by atoms with E-state index in [1.54, 1.807) is 0 Å². The highest BCUT2D eigenvalue weighted by atomic mass is 15.3. The largest absolute Gasteiger partial charge is 0.291 e. The Hall–Kier alpha value is -0.0800. The molecule has 1 rings (SSSR count). The molecule has 0 aromatic heterocycles. The molecule has 1 aliphatic rings. The van der Waals surface area contributed by atoms with E-state index in [0.29, 0.717) is 0 Å². The van der Waals surface area contributed by atoms with Gasteiger partial charge in [0.2, 0.25) is 0 Å². The molecule has 0 amide bonds. The molecule has 66 valence electrons. The minimum Gasteiger partial charge on any atom is -0.291 e. The van der Waals surface area contributed by atoms with Gasteiger partial charge in [0, 0.05) is 12.6 Å². The highest BCUT2D eigenvalue weighted by Gasteiger charge is 2.20. The Morgan fingerprint density at radius 3 is 2.55 bits per heavy atom. The van der Waals surface area contributed by atoms with Crippen LogP contribution in [0.25, 0.3) is 0 Å². The average Bonchev–Trinajstić information content (AvgIpc) is 2.05. The van der Waals surface area contributed by atoms with Gasteiger partial charge < -0.3 is 0 Å². The van der Waals surface area contributed by atoms with Gasteiger partial charge in [0.1, 0.15) is 0 Å². The summed E-state index contributed by atoms with van der Waals surface area (Å²) in [6.07, 6.45) is 1.34. The smallest absolute Gasteiger partial charge is 0.0508 e. The predicted octanol–water partition coefficient (Wildman–Crippen LogP) is 1.38. The Kier molecular flexibility index (Phi) is 3.34. The predicted molar refractivity (Wildman–Crippen MR) is 48.6 cm³/mol. The molecule has 0 aromatic carbocycles. The van der Waals surface area contributed by atoms with E-state index in [4.69, 9.17) is 0 Å². The van der Waals surface area contributed by atoms with Crippen molar-refractivity contribution >= 4 is 0 Å². The summed E-state index contributed by atoms with van der Waals surface area (Å²) < 4.78 is 0. The number of nitrogens with zero attached hydrogens (tertiary/aromatic N) is 2. The molecule has 1 heterocycles. The highest BCUT2D eigenvalue weighted by molar-refractivity contribution is 4.73. The van der Waals surface area contributed by atoms with Crippen LogP contribution in [0, 0.1) is 0 Å². The van der Waals surface area contributed by atoms with E-state index in [1.165, 1.54) is 32.7 Å². The van der Waals surface area contributed by atoms with Gasteiger partial charge in [-0.05, 0) is 26.4 Å². The van der Waals surface area contributed by atoms with E-state index < -0.39 is 0 Å². The van der Waals surface area contributed by atoms with Crippen molar-refractivity contribution in [2.45, 2.75) is 33.2 Å². The summed E-state index contributed by atoms with van der Waals surface area (Å²) in [6.45, 7) is 11.7. The first-order chi connectivity index (χ1) is 5.27. The monoisotopic (exact) mass is 156 g/mol. The normalized spacial score (nSPS) is 29.2. The summed E-state index contributed by atoms with van der Waals surface area (Å²) in [7, 11) is 0. The summed E-state index contributed by atoms with van der Waals surface area (Å²) >= 11 is 0. The topological polar surface area (TPSA) is 6.48 Å². The first kappa shape index (κ1) is 9.01. The van der Waals surface area contributed by atoms with Crippen LogP contribution >= 0.6 is 0 Å². The standard InChI is InChI=1S/C9H20N2/c1-4-10-7-6-9(3)11(5-2)8-10/h9H,4-8H2,1-3H3. The molecule has 0 aromatic rings. The van der Waals surface area contributed by atoms with Crippen LogP contribution in [0.5, 0.6) is 0 Å². The number of hydrogen-bond acceptors (Lipinski definition) is 2. The first-order valence-corrected chi connectivity index (χ1v) is 4.74. The quantitative estimate of drug-likeness (QED) is 0.596. The fourth-order valence-electron chi connectivity index (χ4n) is 1.69. The van der Waals surface area contributed by atoms with Gasteiger partial charge in [-0.1, -0.05) is 13.8 Å². The van der Waals surface area contributed by atoms with Crippen LogP contribution < -0.4 is 0 Å². The van der Waals surface area contributed by atoms with Gasteiger partial charge in [-0.15, -0.1) is 0 Å². The van der Waals surface area contributed by atoms with Crippen LogP contribution in [0.1, 0.15) is 27.2 Å². The zero-order valence-electron chi connectivity index (χ0n) is 8.01. The lowest BCUT2D eigenvalue weighted by Crippen LogP contribution is -2.48. The molecule has 1 unspecified atom stereocenters. The molecule has 0 radical (unpaired) electrons. The second-order valence-corrected chi connectivity index (χ2v) is 3.39. The molecule has 0 aliphatic carbocycles. The van der Waals surface area contributed by atoms with Gasteiger partial charge in [-0.25, -0.2) is 0 Å². The van der Waals surface area contributed by atoms with Crippen molar-refractivity contribution in [2.24, 2.45) is 0 Å². The third kappa shape index (κ3) is 2.17. The molecular formula is C9H20N2. The van der Waals surface area contributed by atoms with Crippen molar-refractivity contribution in [3.63, 3.8) is 0 Å². The van der Waals surface area contributed by atoms with Crippen molar-refractivity contribution in [2.75, 3.05) is 26.3 Å². The molecule has 2 heteroatoms. The number of rotatable bonds is 2. The van der Waals surface area contributed by atoms with Gasteiger partial charge >= 0.3 is 0 Å². The Labute approximate surface area is 70.2 Å². The molecular weight excluding hydrogens is 136 g/mol. The Bertz CT molecular complexity index is 114. The lowest BCUT2D eigenvalue weighted by Gasteiger charge is -2.39. The Morgan fingerprint density at radius 1 is 1.27 bits per heavy atom. The van der Waals surface area contributed by atoms with E-state index in [-0.39, 0.29) is 0 Å². The van der Waals surface area contributed by atoms with Crippen LogP contribution in [-0.4, -0.2) is 42.1 Å². The van der Waals surface area contributed by atoms with Crippen LogP contribution in [0.4, 0.5) is 0 Å². The second kappa shape index (κ2) is 4.07. The Balaban J connectivity index is 2.37. The first-order valence-electron chi connectivity index (χ1n) is 4.74. The van der Waals surface area contributed by atoms with Crippen molar-refractivity contribution < 1.29 is 0 Å². The van der Waals surface area contributed by atoms with Gasteiger partial charge in [0.05, 0.1) is 6.67 Å². The summed E-state index contributed by atoms with van der Waals surface area (Å²) in [4.78, 5) is 5.04. The second-order valence-electron chi connectivity index (χ2n) is 3.39. The molecule has 1 fully saturated rings. The van der Waals surface area contributed by atoms with Gasteiger partial charge in [-0.3, -0.25) is 9.80 Å². The van der Waals surface area contributed by atoms with Crippen LogP contribution in [0.15, 0.2) is 0 Å². The van der Waals surface area contributed by atoms with Crippen molar-refractivity contribution in [1.29, 1.82) is 0 Å². The lowest BCUT2D eigenvalue weighted by molar-refractivity contribution is 0.0542. The third-order valence-electron chi connectivity index (χ3n) is 2.72. The summed E-state index contributed by atoms with van der Waals surface area (Å²) in [6, 6.07) is 0.794. The van der Waals surface area contributed by atoms with E-state index in [9.17, 15) is 0 Å². The van der Waals surface area contributed by atoms with E-state index in [0.717, 1.165) is 6.04 Å². The summed E-state index contributed by atoms with van der Waals surface area (Å²) in [5.41, 5.74) is 0. The molecule has 1 atom stereocenters. The van der Waals surface area contributed by atoms with E-state index >= 15 is 0 Å². The molecule has 1 saturated heterocycles. The van der Waals surface area contributed by atoms with E-state index in [2.05, 4.69) is 30.6 Å². The fourth-order valence-corrected chi connectivity index (χ4v) is 1.69. The molecule has 0 N–H and O–H groups in total. The lowest BCUT2D eigenvalue weighted by atomic mass is 10.1. The SMILES string of the molecule is CCN1CCC(C)N(CC)C1. The highest BCUT2D eigenvalue weighted by Crippen LogP contribution is 2.11. The molecule has 0 spiro atoms. The average molecular weight is 156 g/mol.